The molecule has 2 rings (SSSR count). The number of nitrogens with one attached hydrogen (secondary N) is 1. The number of aliphatic hydroxyl groups excluding tert-OH is 1. The number of nitrogens with zero attached hydrogens (tertiary/aromatic N) is 1. The molecule has 0 aromatic heterocycles. The lowest BCUT2D eigenvalue weighted by Crippen LogP contribution is -2.44. The zero-order chi connectivity index (χ0) is 12.6. The number of rotatable bonds is 6. The highest BCUT2D eigenvalue weighted by atomic mass is 35.5. The Kier molecular flexibility index (Phi) is 11.2. The van der Waals surface area contributed by atoms with Crippen LogP contribution in [-0.4, -0.2) is 42.3 Å². The Labute approximate surface area is 134 Å². The molecule has 1 aliphatic rings. The molecule has 1 heterocycles. The third-order valence-corrected chi connectivity index (χ3v) is 3.59. The summed E-state index contributed by atoms with van der Waals surface area (Å²) in [6.07, 6.45) is 3.96. The van der Waals surface area contributed by atoms with Crippen molar-refractivity contribution in [2.45, 2.75) is 31.8 Å². The first-order valence-corrected chi connectivity index (χ1v) is 6.99. The fourth-order valence-electron chi connectivity index (χ4n) is 2.50. The minimum absolute atomic E-state index is 0. The first-order valence-electron chi connectivity index (χ1n) is 6.99. The highest BCUT2D eigenvalue weighted by Gasteiger charge is 2.15. The summed E-state index contributed by atoms with van der Waals surface area (Å²) in [5.74, 6) is 0. The van der Waals surface area contributed by atoms with Crippen LogP contribution >= 0.6 is 24.8 Å². The fourth-order valence-corrected chi connectivity index (χ4v) is 2.50. The Morgan fingerprint density at radius 3 is 2.30 bits per heavy atom. The molecule has 0 saturated carbocycles. The predicted molar refractivity (Wildman–Crippen MR) is 88.9 cm³/mol. The average molecular weight is 321 g/mol. The van der Waals surface area contributed by atoms with Crippen molar-refractivity contribution in [3.63, 3.8) is 0 Å². The van der Waals surface area contributed by atoms with Gasteiger partial charge in [0.15, 0.2) is 0 Å². The number of hydrogen-bond donors (Lipinski definition) is 2. The van der Waals surface area contributed by atoms with Crippen LogP contribution in [-0.2, 0) is 6.54 Å². The molecule has 116 valence electrons. The van der Waals surface area contributed by atoms with E-state index in [1.165, 1.54) is 37.9 Å². The average Bonchev–Trinajstić information content (AvgIpc) is 2.45. The number of aliphatic hydroxyl groups is 1. The van der Waals surface area contributed by atoms with Crippen LogP contribution in [0.3, 0.4) is 0 Å². The van der Waals surface area contributed by atoms with Crippen molar-refractivity contribution in [1.82, 2.24) is 10.2 Å². The van der Waals surface area contributed by atoms with Crippen LogP contribution in [0.1, 0.15) is 24.8 Å². The lowest BCUT2D eigenvalue weighted by molar-refractivity contribution is 0.162. The highest BCUT2D eigenvalue weighted by molar-refractivity contribution is 5.85. The summed E-state index contributed by atoms with van der Waals surface area (Å²) in [5, 5.41) is 12.9. The molecule has 1 aliphatic heterocycles. The van der Waals surface area contributed by atoms with Crippen molar-refractivity contribution in [2.24, 2.45) is 0 Å². The predicted octanol–water partition coefficient (Wildman–Crippen LogP) is 2.47. The maximum Gasteiger partial charge on any atom is 0.0597 e. The van der Waals surface area contributed by atoms with Gasteiger partial charge in [-0.15, -0.1) is 24.8 Å². The van der Waals surface area contributed by atoms with Gasteiger partial charge >= 0.3 is 0 Å². The molecule has 1 fully saturated rings. The molecule has 1 atom stereocenters. The largest absolute Gasteiger partial charge is 0.395 e. The Morgan fingerprint density at radius 2 is 1.70 bits per heavy atom. The van der Waals surface area contributed by atoms with E-state index in [2.05, 4.69) is 34.5 Å². The van der Waals surface area contributed by atoms with Gasteiger partial charge in [0.2, 0.25) is 0 Å². The quantitative estimate of drug-likeness (QED) is 0.845. The monoisotopic (exact) mass is 320 g/mol. The van der Waals surface area contributed by atoms with Gasteiger partial charge in [0.1, 0.15) is 0 Å². The summed E-state index contributed by atoms with van der Waals surface area (Å²) in [7, 11) is 0. The van der Waals surface area contributed by atoms with Gasteiger partial charge < -0.3 is 15.3 Å². The minimum atomic E-state index is 0. The van der Waals surface area contributed by atoms with E-state index in [4.69, 9.17) is 0 Å². The van der Waals surface area contributed by atoms with E-state index >= 15 is 0 Å². The lowest BCUT2D eigenvalue weighted by Gasteiger charge is -2.30. The van der Waals surface area contributed by atoms with E-state index in [-0.39, 0.29) is 37.5 Å². The number of piperidine rings is 1. The highest BCUT2D eigenvalue weighted by Crippen LogP contribution is 2.09. The van der Waals surface area contributed by atoms with Crippen LogP contribution in [0.5, 0.6) is 0 Å². The Morgan fingerprint density at radius 1 is 1.05 bits per heavy atom. The summed E-state index contributed by atoms with van der Waals surface area (Å²) in [4.78, 5) is 2.46. The van der Waals surface area contributed by atoms with Crippen molar-refractivity contribution in [3.8, 4) is 0 Å². The van der Waals surface area contributed by atoms with E-state index in [1.807, 2.05) is 6.07 Å². The van der Waals surface area contributed by atoms with Crippen LogP contribution in [0.2, 0.25) is 0 Å². The lowest BCUT2D eigenvalue weighted by atomic mass is 10.1. The smallest absolute Gasteiger partial charge is 0.0597 e. The molecule has 2 N–H and O–H groups in total. The summed E-state index contributed by atoms with van der Waals surface area (Å²) in [6.45, 7) is 4.37. The first-order chi connectivity index (χ1) is 8.88. The molecule has 0 amide bonds. The molecule has 0 bridgehead atoms. The fraction of sp³-hybridized carbons (Fsp3) is 0.600. The second-order valence-corrected chi connectivity index (χ2v) is 5.11. The molecule has 5 heteroatoms. The number of likely N-dealkylation sites (tertiary alicyclic amines) is 1. The van der Waals surface area contributed by atoms with Gasteiger partial charge in [-0.3, -0.25) is 0 Å². The van der Waals surface area contributed by atoms with Crippen molar-refractivity contribution < 1.29 is 5.11 Å². The van der Waals surface area contributed by atoms with E-state index in [0.29, 0.717) is 0 Å². The summed E-state index contributed by atoms with van der Waals surface area (Å²) in [6, 6.07) is 10.5. The maximum atomic E-state index is 9.45. The van der Waals surface area contributed by atoms with Crippen LogP contribution in [0.25, 0.3) is 0 Å². The number of halogens is 2. The third-order valence-electron chi connectivity index (χ3n) is 3.59. The van der Waals surface area contributed by atoms with Crippen LogP contribution in [0, 0.1) is 0 Å². The SMILES string of the molecule is Cl.Cl.OCC(CN1CCCCC1)NCc1ccccc1. The summed E-state index contributed by atoms with van der Waals surface area (Å²) >= 11 is 0. The summed E-state index contributed by atoms with van der Waals surface area (Å²) in [5.41, 5.74) is 1.27. The summed E-state index contributed by atoms with van der Waals surface area (Å²) < 4.78 is 0. The molecule has 0 spiro atoms. The van der Waals surface area contributed by atoms with E-state index in [1.54, 1.807) is 0 Å². The van der Waals surface area contributed by atoms with E-state index < -0.39 is 0 Å². The van der Waals surface area contributed by atoms with Gasteiger partial charge in [0, 0.05) is 19.1 Å². The standard InChI is InChI=1S/C15H24N2O.2ClH/c18-13-15(12-17-9-5-2-6-10-17)16-11-14-7-3-1-4-8-14;;/h1,3-4,7-8,15-16,18H,2,5-6,9-13H2;2*1H. The van der Waals surface area contributed by atoms with Gasteiger partial charge in [-0.1, -0.05) is 36.8 Å². The molecule has 1 aromatic rings. The van der Waals surface area contributed by atoms with Crippen LogP contribution < -0.4 is 5.32 Å². The molecule has 1 saturated heterocycles. The molecule has 1 aromatic carbocycles. The Balaban J connectivity index is 0.00000180. The van der Waals surface area contributed by atoms with Gasteiger partial charge in [0.25, 0.3) is 0 Å². The topological polar surface area (TPSA) is 35.5 Å². The zero-order valence-corrected chi connectivity index (χ0v) is 13.5. The molecule has 1 unspecified atom stereocenters. The van der Waals surface area contributed by atoms with E-state index in [9.17, 15) is 5.11 Å². The molecular formula is C15H26Cl2N2O. The Hall–Kier alpha value is -0.320. The van der Waals surface area contributed by atoms with Gasteiger partial charge in [-0.25, -0.2) is 0 Å². The second kappa shape index (κ2) is 11.4. The molecule has 0 aliphatic carbocycles. The van der Waals surface area contributed by atoms with Crippen LogP contribution in [0.15, 0.2) is 30.3 Å². The van der Waals surface area contributed by atoms with Gasteiger partial charge in [-0.2, -0.15) is 0 Å². The molecule has 3 nitrogen and oxygen atoms in total. The van der Waals surface area contributed by atoms with Gasteiger partial charge in [-0.05, 0) is 31.5 Å². The number of hydrogen-bond acceptors (Lipinski definition) is 3. The third kappa shape index (κ3) is 6.91. The van der Waals surface area contributed by atoms with Gasteiger partial charge in [0.05, 0.1) is 6.61 Å². The van der Waals surface area contributed by atoms with Crippen molar-refractivity contribution in [2.75, 3.05) is 26.2 Å². The Bertz CT molecular complexity index is 332. The minimum Gasteiger partial charge on any atom is -0.395 e. The van der Waals surface area contributed by atoms with E-state index in [0.717, 1.165) is 13.1 Å². The van der Waals surface area contributed by atoms with Crippen molar-refractivity contribution in [3.05, 3.63) is 35.9 Å². The first kappa shape index (κ1) is 19.7. The zero-order valence-electron chi connectivity index (χ0n) is 11.8. The molecular weight excluding hydrogens is 295 g/mol. The number of benzene rings is 1. The maximum absolute atomic E-state index is 9.45. The van der Waals surface area contributed by atoms with Crippen molar-refractivity contribution in [1.29, 1.82) is 0 Å². The molecule has 0 radical (unpaired) electrons. The normalized spacial score (nSPS) is 16.9. The molecule has 20 heavy (non-hydrogen) atoms. The van der Waals surface area contributed by atoms with Crippen molar-refractivity contribution >= 4 is 24.8 Å². The second-order valence-electron chi connectivity index (χ2n) is 5.11. The van der Waals surface area contributed by atoms with Crippen LogP contribution in [0.4, 0.5) is 0 Å².